The summed E-state index contributed by atoms with van der Waals surface area (Å²) in [4.78, 5) is 36.2. The van der Waals surface area contributed by atoms with Gasteiger partial charge < -0.3 is 16.5 Å². The first-order valence-corrected chi connectivity index (χ1v) is 12.1. The number of nitrogen functional groups attached to an aromatic ring is 1. The van der Waals surface area contributed by atoms with Crippen molar-refractivity contribution in [3.63, 3.8) is 0 Å². The van der Waals surface area contributed by atoms with Crippen molar-refractivity contribution >= 4 is 28.8 Å². The highest BCUT2D eigenvalue weighted by molar-refractivity contribution is 5.97. The van der Waals surface area contributed by atoms with Crippen molar-refractivity contribution in [1.29, 1.82) is 0 Å². The van der Waals surface area contributed by atoms with Crippen molar-refractivity contribution in [3.8, 4) is 17.5 Å². The first-order chi connectivity index (χ1) is 18.9. The zero-order chi connectivity index (χ0) is 27.1. The first-order valence-electron chi connectivity index (χ1n) is 12.1. The second-order valence-corrected chi connectivity index (χ2v) is 8.90. The van der Waals surface area contributed by atoms with Crippen LogP contribution in [-0.4, -0.2) is 51.6 Å². The summed E-state index contributed by atoms with van der Waals surface area (Å²) in [6.07, 6.45) is 7.06. The number of aromatic nitrogens is 8. The van der Waals surface area contributed by atoms with Crippen molar-refractivity contribution in [3.05, 3.63) is 87.8 Å². The van der Waals surface area contributed by atoms with Gasteiger partial charge in [0.05, 0.1) is 23.5 Å². The maximum Gasteiger partial charge on any atom is 0.274 e. The Morgan fingerprint density at radius 1 is 1.21 bits per heavy atom. The molecule has 1 atom stereocenters. The zero-order valence-electron chi connectivity index (χ0n) is 21.0. The molecule has 1 amide bonds. The second-order valence-electron chi connectivity index (χ2n) is 8.90. The number of para-hydroxylation sites is 1. The van der Waals surface area contributed by atoms with Gasteiger partial charge in [-0.05, 0) is 31.1 Å². The number of benzene rings is 1. The van der Waals surface area contributed by atoms with Crippen molar-refractivity contribution in [2.75, 3.05) is 17.7 Å². The first kappa shape index (κ1) is 23.7. The summed E-state index contributed by atoms with van der Waals surface area (Å²) < 4.78 is 4.63. The molecule has 1 aliphatic heterocycles. The molecule has 1 aromatic carbocycles. The molecule has 5 heterocycles. The number of anilines is 1. The average Bonchev–Trinajstić information content (AvgIpc) is 3.63. The van der Waals surface area contributed by atoms with Crippen LogP contribution < -0.4 is 22.0 Å². The Bertz CT molecular complexity index is 1880. The standard InChI is InChI=1S/C26H23N11O2/c1-15(30-25(38)21-22(27)31-19-9-6-12-28-37(19)21)24-32-23-20(26(39)36(24)17-7-4-3-5-8-17)18(33-34-23)11-10-16-13-29-35(2)14-16/h3-9,13-15,28H,12,27H2,1-2H3,(H,30,38)(H,33,34). The van der Waals surface area contributed by atoms with Gasteiger partial charge in [-0.15, -0.1) is 0 Å². The molecule has 0 radical (unpaired) electrons. The van der Waals surface area contributed by atoms with E-state index in [0.717, 1.165) is 0 Å². The largest absolute Gasteiger partial charge is 0.382 e. The SMILES string of the molecule is CC(NC(=O)c1c(N)nc2n1NCC=C2)c1nc2n[nH]c(C#Cc3cnn(C)c3)c2c(=O)n1-c1ccccc1. The van der Waals surface area contributed by atoms with Crippen molar-refractivity contribution in [2.24, 2.45) is 7.05 Å². The molecule has 194 valence electrons. The molecule has 6 rings (SSSR count). The third-order valence-electron chi connectivity index (χ3n) is 6.18. The van der Waals surface area contributed by atoms with Crippen LogP contribution in [-0.2, 0) is 7.05 Å². The van der Waals surface area contributed by atoms with Crippen LogP contribution in [0, 0.1) is 11.8 Å². The predicted octanol–water partition coefficient (Wildman–Crippen LogP) is 1.08. The van der Waals surface area contributed by atoms with Gasteiger partial charge in [0.25, 0.3) is 11.5 Å². The minimum absolute atomic E-state index is 0.0849. The molecule has 0 aliphatic carbocycles. The fraction of sp³-hybridized carbons (Fsp3) is 0.154. The highest BCUT2D eigenvalue weighted by Gasteiger charge is 2.26. The topological polar surface area (TPSA) is 166 Å². The monoisotopic (exact) mass is 521 g/mol. The number of aromatic amines is 1. The lowest BCUT2D eigenvalue weighted by molar-refractivity contribution is 0.0930. The van der Waals surface area contributed by atoms with E-state index in [0.29, 0.717) is 29.3 Å². The Morgan fingerprint density at radius 2 is 2.03 bits per heavy atom. The van der Waals surface area contributed by atoms with E-state index >= 15 is 0 Å². The summed E-state index contributed by atoms with van der Waals surface area (Å²) in [5, 5.41) is 14.3. The number of nitrogens with two attached hydrogens (primary N) is 1. The van der Waals surface area contributed by atoms with Crippen LogP contribution in [0.3, 0.4) is 0 Å². The highest BCUT2D eigenvalue weighted by Crippen LogP contribution is 2.21. The van der Waals surface area contributed by atoms with E-state index in [1.165, 1.54) is 4.57 Å². The Morgan fingerprint density at radius 3 is 2.79 bits per heavy atom. The maximum atomic E-state index is 13.9. The van der Waals surface area contributed by atoms with Crippen LogP contribution in [0.2, 0.25) is 0 Å². The van der Waals surface area contributed by atoms with Crippen LogP contribution in [0.25, 0.3) is 22.8 Å². The number of carbonyl (C=O) groups is 1. The van der Waals surface area contributed by atoms with Crippen LogP contribution in [0.15, 0.2) is 53.6 Å². The minimum Gasteiger partial charge on any atom is -0.382 e. The summed E-state index contributed by atoms with van der Waals surface area (Å²) in [7, 11) is 1.80. The van der Waals surface area contributed by atoms with E-state index in [2.05, 4.69) is 47.8 Å². The second kappa shape index (κ2) is 9.34. The van der Waals surface area contributed by atoms with Crippen LogP contribution in [0.5, 0.6) is 0 Å². The minimum atomic E-state index is -0.707. The number of hydrogen-bond acceptors (Lipinski definition) is 8. The van der Waals surface area contributed by atoms with Gasteiger partial charge in [-0.2, -0.15) is 10.2 Å². The lowest BCUT2D eigenvalue weighted by atomic mass is 10.2. The van der Waals surface area contributed by atoms with Crippen LogP contribution in [0.1, 0.15) is 46.4 Å². The number of fused-ring (bicyclic) bond motifs is 2. The van der Waals surface area contributed by atoms with E-state index in [9.17, 15) is 9.59 Å². The molecule has 1 aliphatic rings. The van der Waals surface area contributed by atoms with E-state index in [4.69, 9.17) is 5.73 Å². The maximum absolute atomic E-state index is 13.9. The molecular formula is C26H23N11O2. The molecule has 4 aromatic heterocycles. The normalized spacial score (nSPS) is 12.9. The summed E-state index contributed by atoms with van der Waals surface area (Å²) in [6, 6.07) is 8.35. The predicted molar refractivity (Wildman–Crippen MR) is 144 cm³/mol. The molecule has 1 unspecified atom stereocenters. The zero-order valence-corrected chi connectivity index (χ0v) is 21.0. The summed E-state index contributed by atoms with van der Waals surface area (Å²) >= 11 is 0. The Balaban J connectivity index is 1.43. The van der Waals surface area contributed by atoms with Gasteiger partial charge >= 0.3 is 0 Å². The van der Waals surface area contributed by atoms with Crippen molar-refractivity contribution in [1.82, 2.24) is 44.5 Å². The Kier molecular flexibility index (Phi) is 5.69. The van der Waals surface area contributed by atoms with Gasteiger partial charge in [-0.3, -0.25) is 23.9 Å². The molecule has 0 spiro atoms. The lowest BCUT2D eigenvalue weighted by Gasteiger charge is -2.20. The molecule has 13 heteroatoms. The molecule has 5 N–H and O–H groups in total. The van der Waals surface area contributed by atoms with Gasteiger partial charge in [0.2, 0.25) is 0 Å². The van der Waals surface area contributed by atoms with Crippen molar-refractivity contribution < 1.29 is 4.79 Å². The third-order valence-corrected chi connectivity index (χ3v) is 6.18. The molecule has 5 aromatic rings. The number of H-pyrrole nitrogens is 1. The third kappa shape index (κ3) is 4.19. The summed E-state index contributed by atoms with van der Waals surface area (Å²) in [5.41, 5.74) is 10.7. The number of nitrogens with one attached hydrogen (secondary N) is 3. The highest BCUT2D eigenvalue weighted by atomic mass is 16.2. The molecule has 0 bridgehead atoms. The lowest BCUT2D eigenvalue weighted by Crippen LogP contribution is -2.35. The van der Waals surface area contributed by atoms with Gasteiger partial charge in [0, 0.05) is 19.8 Å². The van der Waals surface area contributed by atoms with Gasteiger partial charge in [0.15, 0.2) is 23.0 Å². The van der Waals surface area contributed by atoms with Gasteiger partial charge in [-0.1, -0.05) is 30.2 Å². The molecule has 0 saturated carbocycles. The quantitative estimate of drug-likeness (QED) is 0.255. The number of nitrogens with zero attached hydrogens (tertiary/aromatic N) is 7. The molecule has 0 saturated heterocycles. The van der Waals surface area contributed by atoms with Crippen LogP contribution in [0.4, 0.5) is 5.82 Å². The number of hydrogen-bond donors (Lipinski definition) is 4. The summed E-state index contributed by atoms with van der Waals surface area (Å²) in [6.45, 7) is 2.26. The fourth-order valence-corrected chi connectivity index (χ4v) is 4.40. The molecule has 13 nitrogen and oxygen atoms in total. The Labute approximate surface area is 221 Å². The fourth-order valence-electron chi connectivity index (χ4n) is 4.40. The number of carbonyl (C=O) groups excluding carboxylic acids is 1. The van der Waals surface area contributed by atoms with Gasteiger partial charge in [0.1, 0.15) is 16.9 Å². The molecule has 0 fully saturated rings. The van der Waals surface area contributed by atoms with Crippen LogP contribution >= 0.6 is 0 Å². The Hall–Kier alpha value is -5.64. The summed E-state index contributed by atoms with van der Waals surface area (Å²) in [5.74, 6) is 6.38. The van der Waals surface area contributed by atoms with E-state index in [-0.39, 0.29) is 33.9 Å². The van der Waals surface area contributed by atoms with E-state index in [1.807, 2.05) is 24.3 Å². The van der Waals surface area contributed by atoms with E-state index in [1.54, 1.807) is 53.9 Å². The average molecular weight is 522 g/mol. The molecular weight excluding hydrogens is 498 g/mol. The van der Waals surface area contributed by atoms with Crippen molar-refractivity contribution in [2.45, 2.75) is 13.0 Å². The number of aryl methyl sites for hydroxylation is 1. The number of rotatable bonds is 4. The number of amides is 1. The number of imidazole rings is 1. The van der Waals surface area contributed by atoms with E-state index < -0.39 is 11.9 Å². The van der Waals surface area contributed by atoms with Gasteiger partial charge in [-0.25, -0.2) is 14.6 Å². The smallest absolute Gasteiger partial charge is 0.274 e. The molecule has 39 heavy (non-hydrogen) atoms.